The van der Waals surface area contributed by atoms with Crippen molar-refractivity contribution in [1.82, 2.24) is 15.1 Å². The predicted molar refractivity (Wildman–Crippen MR) is 60.4 cm³/mol. The zero-order chi connectivity index (χ0) is 13.7. The minimum Gasteiger partial charge on any atom is -0.459 e. The molecule has 0 amide bonds. The lowest BCUT2D eigenvalue weighted by molar-refractivity contribution is 0.0704. The fourth-order valence-corrected chi connectivity index (χ4v) is 1.58. The number of alkyl halides is 2. The SMILES string of the molecule is OCCN(Cc1nnc(-c2ccco2)o1)CC(F)F. The second-order valence-electron chi connectivity index (χ2n) is 3.83. The summed E-state index contributed by atoms with van der Waals surface area (Å²) in [5.41, 5.74) is 0. The molecule has 0 unspecified atom stereocenters. The summed E-state index contributed by atoms with van der Waals surface area (Å²) >= 11 is 0. The van der Waals surface area contributed by atoms with Crippen LogP contribution in [0.2, 0.25) is 0 Å². The number of aliphatic hydroxyl groups is 1. The molecule has 0 aliphatic rings. The fraction of sp³-hybridized carbons (Fsp3) is 0.455. The van der Waals surface area contributed by atoms with Gasteiger partial charge in [0.05, 0.1) is 26.0 Å². The molecule has 2 aromatic heterocycles. The number of furan rings is 1. The molecule has 2 aromatic rings. The predicted octanol–water partition coefficient (Wildman–Crippen LogP) is 1.39. The van der Waals surface area contributed by atoms with Crippen LogP contribution in [-0.2, 0) is 6.54 Å². The Morgan fingerprint density at radius 1 is 1.37 bits per heavy atom. The molecule has 0 aromatic carbocycles. The highest BCUT2D eigenvalue weighted by Gasteiger charge is 2.16. The van der Waals surface area contributed by atoms with E-state index >= 15 is 0 Å². The highest BCUT2D eigenvalue weighted by Crippen LogP contribution is 2.18. The average molecular weight is 273 g/mol. The maximum Gasteiger partial charge on any atom is 0.283 e. The molecule has 1 N–H and O–H groups in total. The molecule has 0 fully saturated rings. The van der Waals surface area contributed by atoms with Crippen LogP contribution in [-0.4, -0.2) is 46.3 Å². The first-order valence-corrected chi connectivity index (χ1v) is 5.66. The maximum absolute atomic E-state index is 12.3. The van der Waals surface area contributed by atoms with E-state index in [1.165, 1.54) is 11.2 Å². The van der Waals surface area contributed by atoms with Crippen LogP contribution in [0, 0.1) is 0 Å². The lowest BCUT2D eigenvalue weighted by atomic mass is 10.4. The molecule has 8 heteroatoms. The third kappa shape index (κ3) is 3.83. The highest BCUT2D eigenvalue weighted by molar-refractivity contribution is 5.42. The van der Waals surface area contributed by atoms with E-state index in [9.17, 15) is 8.78 Å². The molecule has 0 aliphatic heterocycles. The molecular weight excluding hydrogens is 260 g/mol. The van der Waals surface area contributed by atoms with Crippen molar-refractivity contribution in [2.24, 2.45) is 0 Å². The first kappa shape index (κ1) is 13.6. The summed E-state index contributed by atoms with van der Waals surface area (Å²) in [7, 11) is 0. The lowest BCUT2D eigenvalue weighted by Gasteiger charge is -2.18. The molecule has 2 rings (SSSR count). The van der Waals surface area contributed by atoms with E-state index < -0.39 is 13.0 Å². The van der Waals surface area contributed by atoms with Gasteiger partial charge in [0.25, 0.3) is 12.3 Å². The molecule has 6 nitrogen and oxygen atoms in total. The molecule has 0 radical (unpaired) electrons. The Bertz CT molecular complexity index is 487. The van der Waals surface area contributed by atoms with Gasteiger partial charge in [-0.25, -0.2) is 8.78 Å². The summed E-state index contributed by atoms with van der Waals surface area (Å²) in [5.74, 6) is 0.808. The van der Waals surface area contributed by atoms with Crippen LogP contribution < -0.4 is 0 Å². The van der Waals surface area contributed by atoms with Crippen molar-refractivity contribution in [2.75, 3.05) is 19.7 Å². The zero-order valence-corrected chi connectivity index (χ0v) is 10.00. The Hall–Kier alpha value is -1.80. The van der Waals surface area contributed by atoms with Crippen molar-refractivity contribution in [3.63, 3.8) is 0 Å². The van der Waals surface area contributed by atoms with Gasteiger partial charge in [-0.05, 0) is 12.1 Å². The van der Waals surface area contributed by atoms with Gasteiger partial charge in [-0.3, -0.25) is 4.90 Å². The van der Waals surface area contributed by atoms with Gasteiger partial charge in [0, 0.05) is 6.54 Å². The highest BCUT2D eigenvalue weighted by atomic mass is 19.3. The molecule has 2 heterocycles. The number of nitrogens with zero attached hydrogens (tertiary/aromatic N) is 3. The number of rotatable bonds is 7. The van der Waals surface area contributed by atoms with Crippen LogP contribution in [0.25, 0.3) is 11.7 Å². The van der Waals surface area contributed by atoms with Crippen LogP contribution in [0.4, 0.5) is 8.78 Å². The Morgan fingerprint density at radius 2 is 2.21 bits per heavy atom. The summed E-state index contributed by atoms with van der Waals surface area (Å²) in [6, 6.07) is 3.33. The average Bonchev–Trinajstić information content (AvgIpc) is 2.97. The fourth-order valence-electron chi connectivity index (χ4n) is 1.58. The molecule has 0 saturated heterocycles. The van der Waals surface area contributed by atoms with Gasteiger partial charge >= 0.3 is 0 Å². The summed E-state index contributed by atoms with van der Waals surface area (Å²) in [6.45, 7) is -0.508. The summed E-state index contributed by atoms with van der Waals surface area (Å²) in [6.07, 6.45) is -1.02. The number of halogens is 2. The largest absolute Gasteiger partial charge is 0.459 e. The van der Waals surface area contributed by atoms with E-state index in [2.05, 4.69) is 10.2 Å². The van der Waals surface area contributed by atoms with E-state index in [0.717, 1.165) is 0 Å². The second-order valence-corrected chi connectivity index (χ2v) is 3.83. The number of aliphatic hydroxyl groups excluding tert-OH is 1. The van der Waals surface area contributed by atoms with Gasteiger partial charge in [0.15, 0.2) is 5.76 Å². The van der Waals surface area contributed by atoms with Gasteiger partial charge in [-0.1, -0.05) is 0 Å². The third-order valence-corrected chi connectivity index (χ3v) is 2.37. The van der Waals surface area contributed by atoms with Crippen molar-refractivity contribution in [3.8, 4) is 11.7 Å². The Kier molecular flexibility index (Phi) is 4.58. The molecular formula is C11H13F2N3O3. The van der Waals surface area contributed by atoms with Crippen LogP contribution >= 0.6 is 0 Å². The summed E-state index contributed by atoms with van der Waals surface area (Å²) < 4.78 is 35.1. The van der Waals surface area contributed by atoms with E-state index in [1.807, 2.05) is 0 Å². The van der Waals surface area contributed by atoms with Crippen molar-refractivity contribution in [2.45, 2.75) is 13.0 Å². The number of hydrogen-bond acceptors (Lipinski definition) is 6. The first-order valence-electron chi connectivity index (χ1n) is 5.66. The molecule has 0 saturated carbocycles. The molecule has 0 bridgehead atoms. The van der Waals surface area contributed by atoms with Gasteiger partial charge < -0.3 is 13.9 Å². The number of aromatic nitrogens is 2. The van der Waals surface area contributed by atoms with Gasteiger partial charge in [0.1, 0.15) is 0 Å². The zero-order valence-electron chi connectivity index (χ0n) is 10.00. The quantitative estimate of drug-likeness (QED) is 0.821. The van der Waals surface area contributed by atoms with E-state index in [1.54, 1.807) is 12.1 Å². The van der Waals surface area contributed by atoms with Gasteiger partial charge in [-0.15, -0.1) is 10.2 Å². The molecule has 0 spiro atoms. The smallest absolute Gasteiger partial charge is 0.283 e. The van der Waals surface area contributed by atoms with Gasteiger partial charge in [-0.2, -0.15) is 0 Å². The Morgan fingerprint density at radius 3 is 2.84 bits per heavy atom. The summed E-state index contributed by atoms with van der Waals surface area (Å²) in [4.78, 5) is 1.34. The van der Waals surface area contributed by atoms with Crippen LogP contribution in [0.15, 0.2) is 27.2 Å². The van der Waals surface area contributed by atoms with Crippen molar-refractivity contribution >= 4 is 0 Å². The van der Waals surface area contributed by atoms with Crippen molar-refractivity contribution in [1.29, 1.82) is 0 Å². The standard InChI is InChI=1S/C11H13F2N3O3/c12-9(13)6-16(3-4-17)7-10-14-15-11(19-10)8-2-1-5-18-8/h1-2,5,9,17H,3-4,6-7H2. The van der Waals surface area contributed by atoms with E-state index in [4.69, 9.17) is 13.9 Å². The first-order chi connectivity index (χ1) is 9.19. The van der Waals surface area contributed by atoms with E-state index in [-0.39, 0.29) is 31.5 Å². The van der Waals surface area contributed by atoms with Crippen molar-refractivity contribution < 1.29 is 22.7 Å². The minimum atomic E-state index is -2.49. The van der Waals surface area contributed by atoms with E-state index in [0.29, 0.717) is 5.76 Å². The Balaban J connectivity index is 2.01. The lowest BCUT2D eigenvalue weighted by Crippen LogP contribution is -2.31. The minimum absolute atomic E-state index is 0.0542. The summed E-state index contributed by atoms with van der Waals surface area (Å²) in [5, 5.41) is 16.3. The number of hydrogen-bond donors (Lipinski definition) is 1. The molecule has 104 valence electrons. The topological polar surface area (TPSA) is 75.5 Å². The normalized spacial score (nSPS) is 11.6. The van der Waals surface area contributed by atoms with Crippen molar-refractivity contribution in [3.05, 3.63) is 24.3 Å². The molecule has 0 aliphatic carbocycles. The monoisotopic (exact) mass is 273 g/mol. The van der Waals surface area contributed by atoms with Crippen LogP contribution in [0.5, 0.6) is 0 Å². The molecule has 19 heavy (non-hydrogen) atoms. The third-order valence-electron chi connectivity index (χ3n) is 2.37. The van der Waals surface area contributed by atoms with Gasteiger partial charge in [0.2, 0.25) is 5.89 Å². The van der Waals surface area contributed by atoms with Crippen LogP contribution in [0.1, 0.15) is 5.89 Å². The second kappa shape index (κ2) is 6.39. The Labute approximate surface area is 107 Å². The molecule has 0 atom stereocenters. The van der Waals surface area contributed by atoms with Crippen LogP contribution in [0.3, 0.4) is 0 Å². The maximum atomic E-state index is 12.3.